The first-order valence-electron chi connectivity index (χ1n) is 9.09. The Morgan fingerprint density at radius 3 is 2.70 bits per heavy atom. The van der Waals surface area contributed by atoms with Crippen LogP contribution in [-0.2, 0) is 11.2 Å². The second kappa shape index (κ2) is 8.19. The number of carboxylic acid groups (broad SMARTS) is 1. The van der Waals surface area contributed by atoms with Crippen molar-refractivity contribution in [2.45, 2.75) is 38.7 Å². The number of hydrogen-bond donors (Lipinski definition) is 2. The second-order valence-electron chi connectivity index (χ2n) is 7.10. The lowest BCUT2D eigenvalue weighted by molar-refractivity contribution is -0.162. The van der Waals surface area contributed by atoms with Crippen LogP contribution in [0.3, 0.4) is 0 Å². The van der Waals surface area contributed by atoms with E-state index in [1.165, 1.54) is 11.3 Å². The number of hydrogen-bond acceptors (Lipinski definition) is 5. The van der Waals surface area contributed by atoms with Gasteiger partial charge >= 0.3 is 5.97 Å². The molecule has 1 aliphatic rings. The van der Waals surface area contributed by atoms with Crippen molar-refractivity contribution in [3.8, 4) is 0 Å². The van der Waals surface area contributed by atoms with Crippen LogP contribution in [0, 0.1) is 12.3 Å². The molecule has 1 aromatic carbocycles. The van der Waals surface area contributed by atoms with E-state index in [1.807, 2.05) is 30.3 Å². The third-order valence-electron chi connectivity index (χ3n) is 5.37. The summed E-state index contributed by atoms with van der Waals surface area (Å²) in [7, 11) is 0. The number of likely N-dealkylation sites (tertiary alicyclic amines) is 1. The summed E-state index contributed by atoms with van der Waals surface area (Å²) in [6, 6.07) is 9.86. The van der Waals surface area contributed by atoms with E-state index in [0.29, 0.717) is 30.0 Å². The van der Waals surface area contributed by atoms with Crippen molar-refractivity contribution >= 4 is 23.2 Å². The van der Waals surface area contributed by atoms with Gasteiger partial charge in [-0.25, -0.2) is 4.98 Å². The van der Waals surface area contributed by atoms with Crippen molar-refractivity contribution in [1.29, 1.82) is 0 Å². The summed E-state index contributed by atoms with van der Waals surface area (Å²) in [4.78, 5) is 31.2. The molecule has 0 radical (unpaired) electrons. The number of aryl methyl sites for hydroxylation is 2. The van der Waals surface area contributed by atoms with Gasteiger partial charge in [0.05, 0.1) is 17.3 Å². The summed E-state index contributed by atoms with van der Waals surface area (Å²) in [5.41, 5.74) is 2.07. The maximum Gasteiger partial charge on any atom is 0.314 e. The highest BCUT2D eigenvalue weighted by Crippen LogP contribution is 2.37. The van der Waals surface area contributed by atoms with Gasteiger partial charge in [0.1, 0.15) is 10.3 Å². The molecular formula is C20H24N2O4S. The Balaban J connectivity index is 1.74. The van der Waals surface area contributed by atoms with Gasteiger partial charge < -0.3 is 15.1 Å². The van der Waals surface area contributed by atoms with Gasteiger partial charge in [-0.15, -0.1) is 11.3 Å². The topological polar surface area (TPSA) is 90.7 Å². The van der Waals surface area contributed by atoms with Crippen LogP contribution in [0.15, 0.2) is 35.8 Å². The van der Waals surface area contributed by atoms with Crippen LogP contribution in [0.4, 0.5) is 0 Å². The van der Waals surface area contributed by atoms with Crippen LogP contribution < -0.4 is 0 Å². The Morgan fingerprint density at radius 2 is 2.07 bits per heavy atom. The Morgan fingerprint density at radius 1 is 1.33 bits per heavy atom. The minimum atomic E-state index is -1.33. The van der Waals surface area contributed by atoms with E-state index < -0.39 is 17.5 Å². The first-order chi connectivity index (χ1) is 12.9. The average Bonchev–Trinajstić information content (AvgIpc) is 3.09. The monoisotopic (exact) mass is 388 g/mol. The molecule has 1 aliphatic heterocycles. The summed E-state index contributed by atoms with van der Waals surface area (Å²) in [6.07, 6.45) is 1.00. The van der Waals surface area contributed by atoms with Crippen LogP contribution in [0.5, 0.6) is 0 Å². The number of aliphatic hydroxyl groups excluding tert-OH is 1. The van der Waals surface area contributed by atoms with Crippen LogP contribution in [0.1, 0.15) is 40.2 Å². The minimum absolute atomic E-state index is 0.0223. The fourth-order valence-corrected chi connectivity index (χ4v) is 4.49. The third-order valence-corrected chi connectivity index (χ3v) is 6.28. The molecule has 3 rings (SSSR count). The molecule has 2 aromatic rings. The van der Waals surface area contributed by atoms with Gasteiger partial charge in [-0.2, -0.15) is 0 Å². The van der Waals surface area contributed by atoms with Gasteiger partial charge in [0.2, 0.25) is 0 Å². The zero-order valence-electron chi connectivity index (χ0n) is 15.3. The summed E-state index contributed by atoms with van der Waals surface area (Å²) in [6.45, 7) is 2.15. The Hall–Kier alpha value is -2.25. The standard InChI is InChI=1S/C20H24N2O4S/c1-14-17(27-13-21-14)18(24)22-11-9-16(23)20(12-22,19(25)26)10-5-8-15-6-3-2-4-7-15/h2-4,6-7,13,16,23H,5,8-12H2,1H3,(H,25,26)/t16-,20-/m1/s1. The van der Waals surface area contributed by atoms with E-state index in [1.54, 1.807) is 17.3 Å². The van der Waals surface area contributed by atoms with Crippen molar-refractivity contribution < 1.29 is 19.8 Å². The van der Waals surface area contributed by atoms with E-state index in [-0.39, 0.29) is 18.9 Å². The number of thiazole rings is 1. The molecule has 0 aliphatic carbocycles. The molecule has 2 heterocycles. The largest absolute Gasteiger partial charge is 0.481 e. The van der Waals surface area contributed by atoms with Crippen molar-refractivity contribution in [1.82, 2.24) is 9.88 Å². The zero-order valence-corrected chi connectivity index (χ0v) is 16.1. The lowest BCUT2D eigenvalue weighted by Crippen LogP contribution is -2.57. The van der Waals surface area contributed by atoms with Gasteiger partial charge in [0, 0.05) is 13.1 Å². The molecule has 1 fully saturated rings. The third kappa shape index (κ3) is 4.04. The average molecular weight is 388 g/mol. The van der Waals surface area contributed by atoms with Crippen LogP contribution in [0.25, 0.3) is 0 Å². The number of amides is 1. The van der Waals surface area contributed by atoms with Crippen LogP contribution >= 0.6 is 11.3 Å². The predicted octanol–water partition coefficient (Wildman–Crippen LogP) is 2.75. The maximum atomic E-state index is 12.8. The Bertz CT molecular complexity index is 807. The first-order valence-corrected chi connectivity index (χ1v) is 9.97. The molecule has 2 N–H and O–H groups in total. The number of aliphatic carboxylic acids is 1. The maximum absolute atomic E-state index is 12.8. The number of benzene rings is 1. The number of carbonyl (C=O) groups is 2. The highest BCUT2D eigenvalue weighted by Gasteiger charge is 2.49. The molecule has 144 valence electrons. The fraction of sp³-hybridized carbons (Fsp3) is 0.450. The highest BCUT2D eigenvalue weighted by atomic mass is 32.1. The Labute approximate surface area is 162 Å². The number of nitrogens with zero attached hydrogens (tertiary/aromatic N) is 2. The zero-order chi connectivity index (χ0) is 19.4. The lowest BCUT2D eigenvalue weighted by Gasteiger charge is -2.43. The van der Waals surface area contributed by atoms with E-state index in [4.69, 9.17) is 0 Å². The quantitative estimate of drug-likeness (QED) is 0.794. The molecule has 0 unspecified atom stereocenters. The fourth-order valence-electron chi connectivity index (χ4n) is 3.72. The van der Waals surface area contributed by atoms with Crippen molar-refractivity contribution in [2.24, 2.45) is 5.41 Å². The molecule has 6 nitrogen and oxygen atoms in total. The van der Waals surface area contributed by atoms with Crippen LogP contribution in [-0.4, -0.2) is 51.2 Å². The van der Waals surface area contributed by atoms with Gasteiger partial charge in [-0.1, -0.05) is 30.3 Å². The molecule has 0 bridgehead atoms. The first kappa shape index (κ1) is 19.5. The number of aromatic nitrogens is 1. The summed E-state index contributed by atoms with van der Waals surface area (Å²) >= 11 is 1.26. The molecule has 0 spiro atoms. The van der Waals surface area contributed by atoms with E-state index >= 15 is 0 Å². The number of aliphatic hydroxyl groups is 1. The van der Waals surface area contributed by atoms with Gasteiger partial charge in [0.25, 0.3) is 5.91 Å². The number of carboxylic acids is 1. The summed E-state index contributed by atoms with van der Waals surface area (Å²) in [5.74, 6) is -1.24. The molecule has 1 amide bonds. The second-order valence-corrected chi connectivity index (χ2v) is 7.95. The van der Waals surface area contributed by atoms with E-state index in [2.05, 4.69) is 4.98 Å². The normalized spacial score (nSPS) is 22.6. The molecule has 0 saturated carbocycles. The van der Waals surface area contributed by atoms with Crippen LogP contribution in [0.2, 0.25) is 0 Å². The number of piperidine rings is 1. The Kier molecular flexibility index (Phi) is 5.92. The van der Waals surface area contributed by atoms with Gasteiger partial charge in [-0.05, 0) is 38.2 Å². The van der Waals surface area contributed by atoms with Crippen molar-refractivity contribution in [3.05, 3.63) is 52.0 Å². The number of rotatable bonds is 6. The predicted molar refractivity (Wildman–Crippen MR) is 103 cm³/mol. The van der Waals surface area contributed by atoms with Gasteiger partial charge in [-0.3, -0.25) is 9.59 Å². The molecule has 27 heavy (non-hydrogen) atoms. The summed E-state index contributed by atoms with van der Waals surface area (Å²) < 4.78 is 0. The smallest absolute Gasteiger partial charge is 0.314 e. The molecular weight excluding hydrogens is 364 g/mol. The van der Waals surface area contributed by atoms with E-state index in [0.717, 1.165) is 12.0 Å². The molecule has 1 aromatic heterocycles. The minimum Gasteiger partial charge on any atom is -0.481 e. The lowest BCUT2D eigenvalue weighted by atomic mass is 9.73. The molecule has 2 atom stereocenters. The molecule has 1 saturated heterocycles. The number of carbonyl (C=O) groups excluding carboxylic acids is 1. The highest BCUT2D eigenvalue weighted by molar-refractivity contribution is 7.11. The SMILES string of the molecule is Cc1ncsc1C(=O)N1CC[C@@H](O)[C@](CCCc2ccccc2)(C(=O)O)C1. The summed E-state index contributed by atoms with van der Waals surface area (Å²) in [5, 5.41) is 20.5. The van der Waals surface area contributed by atoms with E-state index in [9.17, 15) is 19.8 Å². The molecule has 7 heteroatoms. The van der Waals surface area contributed by atoms with Crippen molar-refractivity contribution in [2.75, 3.05) is 13.1 Å². The van der Waals surface area contributed by atoms with Crippen molar-refractivity contribution in [3.63, 3.8) is 0 Å². The van der Waals surface area contributed by atoms with Gasteiger partial charge in [0.15, 0.2) is 0 Å².